The predicted octanol–water partition coefficient (Wildman–Crippen LogP) is 1.56. The highest BCUT2D eigenvalue weighted by atomic mass is 32.2. The molecular formula is C15H19NO3S. The summed E-state index contributed by atoms with van der Waals surface area (Å²) in [4.78, 5) is 0.272. The van der Waals surface area contributed by atoms with E-state index in [1.54, 1.807) is 25.1 Å². The largest absolute Gasteiger partial charge is 0.384 e. The lowest BCUT2D eigenvalue weighted by Gasteiger charge is -2.14. The normalized spacial score (nSPS) is 15.9. The fourth-order valence-electron chi connectivity index (χ4n) is 2.44. The molecule has 1 aliphatic rings. The summed E-state index contributed by atoms with van der Waals surface area (Å²) in [7, 11) is -3.50. The Bertz CT molecular complexity index is 635. The summed E-state index contributed by atoms with van der Waals surface area (Å²) < 4.78 is 27.6. The molecule has 0 aliphatic heterocycles. The average Bonchev–Trinajstić information content (AvgIpc) is 2.89. The van der Waals surface area contributed by atoms with Gasteiger partial charge in [-0.15, -0.1) is 0 Å². The van der Waals surface area contributed by atoms with Crippen LogP contribution in [0.5, 0.6) is 0 Å². The van der Waals surface area contributed by atoms with Crippen molar-refractivity contribution in [2.75, 3.05) is 6.61 Å². The molecule has 0 unspecified atom stereocenters. The number of benzene rings is 1. The van der Waals surface area contributed by atoms with Gasteiger partial charge in [0.1, 0.15) is 6.61 Å². The van der Waals surface area contributed by atoms with Crippen molar-refractivity contribution in [3.05, 3.63) is 29.3 Å². The number of hydrogen-bond acceptors (Lipinski definition) is 3. The van der Waals surface area contributed by atoms with Crippen LogP contribution in [0.2, 0.25) is 0 Å². The minimum absolute atomic E-state index is 0.0478. The maximum absolute atomic E-state index is 12.4. The van der Waals surface area contributed by atoms with E-state index in [1.165, 1.54) is 0 Å². The summed E-state index contributed by atoms with van der Waals surface area (Å²) in [5.74, 6) is 5.26. The van der Waals surface area contributed by atoms with Gasteiger partial charge in [0.05, 0.1) is 4.90 Å². The van der Waals surface area contributed by atoms with E-state index in [2.05, 4.69) is 16.6 Å². The van der Waals surface area contributed by atoms with Crippen LogP contribution >= 0.6 is 0 Å². The SMILES string of the molecule is Cc1ccc(C#CCO)cc1S(=O)(=O)NC1CCCC1. The molecule has 108 valence electrons. The first-order valence-electron chi connectivity index (χ1n) is 6.75. The van der Waals surface area contributed by atoms with Crippen LogP contribution in [0.3, 0.4) is 0 Å². The van der Waals surface area contributed by atoms with Crippen LogP contribution in [0.25, 0.3) is 0 Å². The molecule has 1 aliphatic carbocycles. The van der Waals surface area contributed by atoms with Crippen LogP contribution in [-0.4, -0.2) is 26.2 Å². The highest BCUT2D eigenvalue weighted by molar-refractivity contribution is 7.89. The van der Waals surface area contributed by atoms with Gasteiger partial charge in [-0.25, -0.2) is 13.1 Å². The molecule has 1 aromatic rings. The Labute approximate surface area is 120 Å². The van der Waals surface area contributed by atoms with Gasteiger partial charge in [0, 0.05) is 11.6 Å². The molecule has 0 amide bonds. The van der Waals surface area contributed by atoms with Gasteiger partial charge in [0.15, 0.2) is 0 Å². The standard InChI is InChI=1S/C15H19NO3S/c1-12-8-9-13(5-4-10-17)11-15(12)20(18,19)16-14-6-2-3-7-14/h8-9,11,14,16-17H,2-3,6-7,10H2,1H3. The van der Waals surface area contributed by atoms with Crippen molar-refractivity contribution in [2.24, 2.45) is 0 Å². The van der Waals surface area contributed by atoms with Crippen LogP contribution in [0, 0.1) is 18.8 Å². The highest BCUT2D eigenvalue weighted by Gasteiger charge is 2.24. The molecule has 1 aromatic carbocycles. The van der Waals surface area contributed by atoms with E-state index in [9.17, 15) is 8.42 Å². The second-order valence-electron chi connectivity index (χ2n) is 5.04. The minimum atomic E-state index is -3.50. The zero-order valence-corrected chi connectivity index (χ0v) is 12.3. The summed E-state index contributed by atoms with van der Waals surface area (Å²) >= 11 is 0. The van der Waals surface area contributed by atoms with E-state index >= 15 is 0 Å². The zero-order chi connectivity index (χ0) is 14.6. The lowest BCUT2D eigenvalue weighted by molar-refractivity contribution is 0.350. The molecule has 5 heteroatoms. The smallest absolute Gasteiger partial charge is 0.241 e. The Morgan fingerprint density at radius 2 is 2.05 bits per heavy atom. The molecular weight excluding hydrogens is 274 g/mol. The number of nitrogens with one attached hydrogen (secondary N) is 1. The molecule has 0 bridgehead atoms. The van der Waals surface area contributed by atoms with Gasteiger partial charge in [0.2, 0.25) is 10.0 Å². The van der Waals surface area contributed by atoms with Crippen molar-refractivity contribution in [3.8, 4) is 11.8 Å². The van der Waals surface area contributed by atoms with Crippen LogP contribution in [0.4, 0.5) is 0 Å². The fourth-order valence-corrected chi connectivity index (χ4v) is 4.01. The summed E-state index contributed by atoms with van der Waals surface area (Å²) in [5, 5.41) is 8.70. The molecule has 2 N–H and O–H groups in total. The first kappa shape index (κ1) is 15.0. The van der Waals surface area contributed by atoms with Crippen LogP contribution in [-0.2, 0) is 10.0 Å². The van der Waals surface area contributed by atoms with E-state index < -0.39 is 10.0 Å². The van der Waals surface area contributed by atoms with Crippen molar-refractivity contribution >= 4 is 10.0 Å². The molecule has 2 rings (SSSR count). The van der Waals surface area contributed by atoms with E-state index in [1.807, 2.05) is 0 Å². The maximum atomic E-state index is 12.4. The molecule has 20 heavy (non-hydrogen) atoms. The van der Waals surface area contributed by atoms with Gasteiger partial charge in [-0.3, -0.25) is 0 Å². The maximum Gasteiger partial charge on any atom is 0.241 e. The predicted molar refractivity (Wildman–Crippen MR) is 77.7 cm³/mol. The molecule has 1 fully saturated rings. The van der Waals surface area contributed by atoms with E-state index in [-0.39, 0.29) is 17.5 Å². The third-order valence-electron chi connectivity index (χ3n) is 3.47. The Morgan fingerprint density at radius 1 is 1.35 bits per heavy atom. The topological polar surface area (TPSA) is 66.4 Å². The number of sulfonamides is 1. The highest BCUT2D eigenvalue weighted by Crippen LogP contribution is 2.22. The van der Waals surface area contributed by atoms with E-state index in [4.69, 9.17) is 5.11 Å². The first-order valence-corrected chi connectivity index (χ1v) is 8.24. The quantitative estimate of drug-likeness (QED) is 0.831. The zero-order valence-electron chi connectivity index (χ0n) is 11.5. The average molecular weight is 293 g/mol. The Balaban J connectivity index is 2.29. The summed E-state index contributed by atoms with van der Waals surface area (Å²) in [6.45, 7) is 1.53. The third-order valence-corrected chi connectivity index (χ3v) is 5.13. The summed E-state index contributed by atoms with van der Waals surface area (Å²) in [6, 6.07) is 5.11. The van der Waals surface area contributed by atoms with Gasteiger partial charge < -0.3 is 5.11 Å². The van der Waals surface area contributed by atoms with Crippen molar-refractivity contribution in [3.63, 3.8) is 0 Å². The molecule has 0 saturated heterocycles. The molecule has 4 nitrogen and oxygen atoms in total. The van der Waals surface area contributed by atoms with Crippen LogP contribution in [0.15, 0.2) is 23.1 Å². The molecule has 0 radical (unpaired) electrons. The van der Waals surface area contributed by atoms with Crippen molar-refractivity contribution in [2.45, 2.75) is 43.5 Å². The molecule has 0 atom stereocenters. The lowest BCUT2D eigenvalue weighted by Crippen LogP contribution is -2.33. The van der Waals surface area contributed by atoms with Crippen LogP contribution < -0.4 is 4.72 Å². The Morgan fingerprint density at radius 3 is 2.70 bits per heavy atom. The number of rotatable bonds is 3. The van der Waals surface area contributed by atoms with Gasteiger partial charge in [0.25, 0.3) is 0 Å². The van der Waals surface area contributed by atoms with E-state index in [0.29, 0.717) is 11.1 Å². The van der Waals surface area contributed by atoms with Gasteiger partial charge in [-0.1, -0.05) is 30.7 Å². The molecule has 0 spiro atoms. The molecule has 0 heterocycles. The van der Waals surface area contributed by atoms with Gasteiger partial charge in [-0.05, 0) is 37.5 Å². The minimum Gasteiger partial charge on any atom is -0.384 e. The lowest BCUT2D eigenvalue weighted by atomic mass is 10.1. The Kier molecular flexibility index (Phi) is 4.81. The summed E-state index contributed by atoms with van der Waals surface area (Å²) in [5.41, 5.74) is 1.29. The molecule has 1 saturated carbocycles. The molecule has 0 aromatic heterocycles. The van der Waals surface area contributed by atoms with Gasteiger partial charge in [-0.2, -0.15) is 0 Å². The van der Waals surface area contributed by atoms with Crippen LogP contribution in [0.1, 0.15) is 36.8 Å². The number of aliphatic hydroxyl groups is 1. The van der Waals surface area contributed by atoms with Gasteiger partial charge >= 0.3 is 0 Å². The van der Waals surface area contributed by atoms with Crippen molar-refractivity contribution < 1.29 is 13.5 Å². The second-order valence-corrected chi connectivity index (χ2v) is 6.73. The number of aryl methyl sites for hydroxylation is 1. The second kappa shape index (κ2) is 6.40. The third kappa shape index (κ3) is 3.60. The van der Waals surface area contributed by atoms with Crippen molar-refractivity contribution in [1.82, 2.24) is 4.72 Å². The first-order chi connectivity index (χ1) is 9.53. The Hall–Kier alpha value is -1.35. The summed E-state index contributed by atoms with van der Waals surface area (Å²) in [6.07, 6.45) is 3.97. The number of aliphatic hydroxyl groups excluding tert-OH is 1. The number of hydrogen-bond donors (Lipinski definition) is 2. The van der Waals surface area contributed by atoms with Crippen molar-refractivity contribution in [1.29, 1.82) is 0 Å². The van der Waals surface area contributed by atoms with E-state index in [0.717, 1.165) is 25.7 Å². The monoisotopic (exact) mass is 293 g/mol. The fraction of sp³-hybridized carbons (Fsp3) is 0.467.